The summed E-state index contributed by atoms with van der Waals surface area (Å²) < 4.78 is 76.5. The lowest BCUT2D eigenvalue weighted by atomic mass is 10.2. The van der Waals surface area contributed by atoms with Crippen LogP contribution in [0.15, 0.2) is 32.6 Å². The maximum atomic E-state index is 11.9. The van der Waals surface area contributed by atoms with Crippen LogP contribution in [0.5, 0.6) is 0 Å². The summed E-state index contributed by atoms with van der Waals surface area (Å²) in [6, 6.07) is 1.89. The van der Waals surface area contributed by atoms with Gasteiger partial charge in [0, 0.05) is 58.1 Å². The van der Waals surface area contributed by atoms with Gasteiger partial charge >= 0.3 is 6.18 Å². The molecule has 10 aromatic rings. The predicted molar refractivity (Wildman–Crippen MR) is 365 cm³/mol. The summed E-state index contributed by atoms with van der Waals surface area (Å²) in [6.07, 6.45) is 0.411. The van der Waals surface area contributed by atoms with Gasteiger partial charge in [-0.25, -0.2) is 34.9 Å². The number of aromatic nitrogens is 20. The molecule has 0 aliphatic rings. The highest BCUT2D eigenvalue weighted by Gasteiger charge is 2.36. The fourth-order valence-corrected chi connectivity index (χ4v) is 10.2. The van der Waals surface area contributed by atoms with Gasteiger partial charge in [-0.2, -0.15) is 59.0 Å². The Balaban J connectivity index is 0.000000507. The number of hydrogen-bond donors (Lipinski definition) is 1. The Morgan fingerprint density at radius 2 is 0.989 bits per heavy atom. The zero-order chi connectivity index (χ0) is 69.1. The van der Waals surface area contributed by atoms with Gasteiger partial charge in [0.1, 0.15) is 53.3 Å². The minimum absolute atomic E-state index is 0.00130. The SMILES string of the molecule is CC(C)c1cnns1.CC(C)c1nc(Br)ns1.CC(C)c1nc(C#N)ns1.CC(C)c1nc(C(F)(F)F)ns1.CC(C)c1nc(Cl)ns1.CC(C)c1nc(N)ns1.CC(C)c1ncno1.CC(C)c1ncns1.Cc1noc(C(C)C)n1.Cc1nsc(C(C)C)n1. The van der Waals surface area contributed by atoms with Crippen molar-refractivity contribution in [1.82, 2.24) is 95.4 Å². The van der Waals surface area contributed by atoms with E-state index in [1.54, 1.807) is 20.2 Å². The normalized spacial score (nSPS) is 10.7. The van der Waals surface area contributed by atoms with Gasteiger partial charge < -0.3 is 14.8 Å². The molecule has 0 aliphatic heterocycles. The number of alkyl halides is 3. The lowest BCUT2D eigenvalue weighted by molar-refractivity contribution is -0.144. The molecule has 0 spiro atoms. The van der Waals surface area contributed by atoms with Gasteiger partial charge in [0.2, 0.25) is 39.4 Å². The Morgan fingerprint density at radius 1 is 0.495 bits per heavy atom. The molecule has 0 amide bonds. The first kappa shape index (κ1) is 83.6. The van der Waals surface area contributed by atoms with Crippen molar-refractivity contribution in [1.29, 1.82) is 5.26 Å². The zero-order valence-electron chi connectivity index (χ0n) is 54.9. The molecule has 10 heterocycles. The molecule has 0 bridgehead atoms. The summed E-state index contributed by atoms with van der Waals surface area (Å²) in [5.74, 6) is 6.73. The van der Waals surface area contributed by atoms with Gasteiger partial charge in [0.15, 0.2) is 12.2 Å². The second kappa shape index (κ2) is 44.3. The van der Waals surface area contributed by atoms with Crippen LogP contribution >= 0.6 is 120 Å². The van der Waals surface area contributed by atoms with Crippen molar-refractivity contribution in [3.63, 3.8) is 0 Å². The molecule has 37 heteroatoms. The molecule has 2 N–H and O–H groups in total. The highest BCUT2D eigenvalue weighted by atomic mass is 79.9. The Morgan fingerprint density at radius 3 is 1.23 bits per heavy atom. The summed E-state index contributed by atoms with van der Waals surface area (Å²) in [6.45, 7) is 44.6. The van der Waals surface area contributed by atoms with E-state index in [2.05, 4.69) is 194 Å². The van der Waals surface area contributed by atoms with E-state index in [1.807, 2.05) is 67.7 Å². The average molecular weight is 1500 g/mol. The molecule has 0 saturated carbocycles. The van der Waals surface area contributed by atoms with Gasteiger partial charge in [0.25, 0.3) is 0 Å². The summed E-state index contributed by atoms with van der Waals surface area (Å²) >= 11 is 19.4. The van der Waals surface area contributed by atoms with E-state index in [0.29, 0.717) is 91.8 Å². The number of nitrogen functional groups attached to an aromatic ring is 1. The van der Waals surface area contributed by atoms with E-state index in [9.17, 15) is 13.2 Å². The van der Waals surface area contributed by atoms with Gasteiger partial charge in [-0.3, -0.25) is 0 Å². The molecule has 502 valence electrons. The Kier molecular flexibility index (Phi) is 40.7. The third-order valence-electron chi connectivity index (χ3n) is 9.76. The highest BCUT2D eigenvalue weighted by molar-refractivity contribution is 9.10. The number of nitrogens with two attached hydrogens (primary N) is 1. The summed E-state index contributed by atoms with van der Waals surface area (Å²) in [5, 5.41) is 26.2. The fraction of sp³-hybridized carbons (Fsp3) is 0.611. The van der Waals surface area contributed by atoms with Crippen molar-refractivity contribution in [3.8, 4) is 6.07 Å². The highest BCUT2D eigenvalue weighted by Crippen LogP contribution is 2.29. The first-order valence-corrected chi connectivity index (χ1v) is 35.5. The Hall–Kier alpha value is -5.39. The summed E-state index contributed by atoms with van der Waals surface area (Å²) in [5.41, 5.74) is 5.30. The van der Waals surface area contributed by atoms with Gasteiger partial charge in [-0.15, -0.1) is 5.10 Å². The van der Waals surface area contributed by atoms with E-state index in [1.165, 1.54) is 91.9 Å². The molecule has 0 aromatic carbocycles. The van der Waals surface area contributed by atoms with Crippen LogP contribution in [0.2, 0.25) is 5.28 Å². The molecule has 91 heavy (non-hydrogen) atoms. The number of aryl methyl sites for hydroxylation is 2. The zero-order valence-corrected chi connectivity index (χ0v) is 63.8. The number of nitriles is 1. The van der Waals surface area contributed by atoms with Gasteiger partial charge in [-0.1, -0.05) is 153 Å². The van der Waals surface area contributed by atoms with Crippen LogP contribution in [0, 0.1) is 25.2 Å². The number of halogens is 5. The first-order valence-electron chi connectivity index (χ1n) is 28.2. The van der Waals surface area contributed by atoms with Crippen molar-refractivity contribution in [3.05, 3.63) is 104 Å². The van der Waals surface area contributed by atoms with Gasteiger partial charge in [-0.05, 0) is 140 Å². The lowest BCUT2D eigenvalue weighted by Gasteiger charge is -1.98. The first-order chi connectivity index (χ1) is 42.6. The van der Waals surface area contributed by atoms with E-state index in [0.717, 1.165) is 47.4 Å². The van der Waals surface area contributed by atoms with Crippen LogP contribution < -0.4 is 5.73 Å². The molecular weight excluding hydrogens is 1420 g/mol. The van der Waals surface area contributed by atoms with Crippen molar-refractivity contribution in [2.75, 3.05) is 5.73 Å². The van der Waals surface area contributed by atoms with Crippen LogP contribution in [0.3, 0.4) is 0 Å². The topological polar surface area (TPSA) is 334 Å². The molecule has 0 aliphatic carbocycles. The maximum Gasteiger partial charge on any atom is 0.452 e. The minimum Gasteiger partial charge on any atom is -0.367 e. The third kappa shape index (κ3) is 36.0. The number of nitrogens with zero attached hydrogens (tertiary/aromatic N) is 21. The number of anilines is 1. The Bertz CT molecular complexity index is 3090. The van der Waals surface area contributed by atoms with Crippen LogP contribution in [0.1, 0.15) is 273 Å². The second-order valence-corrected chi connectivity index (χ2v) is 29.0. The van der Waals surface area contributed by atoms with E-state index < -0.39 is 12.0 Å². The molecule has 10 rings (SSSR count). The van der Waals surface area contributed by atoms with E-state index in [4.69, 9.17) is 31.6 Å². The second-order valence-electron chi connectivity index (χ2n) is 21.6. The number of hydrogen-bond acceptors (Lipinski definition) is 32. The molecule has 0 atom stereocenters. The standard InChI is InChI=1S/C6H7F3N2S.C6H7N3S.C6H10N2O.C6H10N2S.C5H7BrN2S.C5H7ClN2S.C5H9N3S.C5H8N2O.2C5H8N2S/c1-3(2)4-10-5(11-12-4)6(7,8)9;1-4(2)6-8-5(3-7)9-10-6;2*1-4(2)6-7-5(3)8-9-6;3*1-3(2)4-7-5(6)8-9-4;2*1-4(2)5-6-3-7-8-5;1-4(2)5-3-6-7-8-5/h3H,1-2H3;4H,1-2H3;2*4H,1-3H3;2*3H,1-2H3;3H,1-2H3,(H2,6,8);3*3-4H,1-2H3. The molecule has 24 nitrogen and oxygen atoms in total. The molecule has 0 fully saturated rings. The summed E-state index contributed by atoms with van der Waals surface area (Å²) in [4.78, 5) is 36.8. The van der Waals surface area contributed by atoms with Crippen LogP contribution in [0.25, 0.3) is 0 Å². The van der Waals surface area contributed by atoms with Crippen LogP contribution in [-0.2, 0) is 6.18 Å². The third-order valence-corrected chi connectivity index (χ3v) is 18.7. The van der Waals surface area contributed by atoms with Crippen LogP contribution in [-0.4, -0.2) is 95.4 Å². The molecule has 0 saturated heterocycles. The fourth-order valence-electron chi connectivity index (χ4n) is 4.88. The van der Waals surface area contributed by atoms with Crippen molar-refractivity contribution < 1.29 is 22.2 Å². The molecule has 10 aromatic heterocycles. The van der Waals surface area contributed by atoms with E-state index >= 15 is 0 Å². The van der Waals surface area contributed by atoms with Gasteiger partial charge in [0.05, 0.1) is 6.20 Å². The minimum atomic E-state index is -4.41. The van der Waals surface area contributed by atoms with E-state index in [-0.39, 0.29) is 11.7 Å². The number of rotatable bonds is 10. The Labute approximate surface area is 577 Å². The smallest absolute Gasteiger partial charge is 0.367 e. The monoisotopic (exact) mass is 1500 g/mol. The summed E-state index contributed by atoms with van der Waals surface area (Å²) in [7, 11) is 0. The lowest BCUT2D eigenvalue weighted by Crippen LogP contribution is -2.07. The maximum absolute atomic E-state index is 11.9. The van der Waals surface area contributed by atoms with Crippen molar-refractivity contribution >= 4 is 126 Å². The van der Waals surface area contributed by atoms with Crippen molar-refractivity contribution in [2.24, 2.45) is 0 Å². The largest absolute Gasteiger partial charge is 0.452 e. The quantitative estimate of drug-likeness (QED) is 0.133. The van der Waals surface area contributed by atoms with Crippen molar-refractivity contribution in [2.45, 2.75) is 218 Å². The molecule has 0 radical (unpaired) electrons. The predicted octanol–water partition coefficient (Wildman–Crippen LogP) is 18.2. The van der Waals surface area contributed by atoms with Crippen LogP contribution in [0.4, 0.5) is 19.1 Å². The average Bonchev–Trinajstić information content (AvgIpc) is 2.23. The molecular formula is C54H81BrClF3N22O2S8. The molecule has 0 unspecified atom stereocenters.